The Hall–Kier alpha value is -3.14. The van der Waals surface area contributed by atoms with Crippen molar-refractivity contribution < 1.29 is 19.1 Å². The van der Waals surface area contributed by atoms with Crippen molar-refractivity contribution >= 4 is 23.9 Å². The number of ether oxygens (including phenoxy) is 1. The molecule has 10 nitrogen and oxygen atoms in total. The zero-order valence-corrected chi connectivity index (χ0v) is 17.9. The SMILES string of the molecule is COC(=O)CN1CCN(C2=NC3C(C(=O)NC(=O)N3C)N2CCc2ccccc2)CC1. The molecule has 10 heteroatoms. The summed E-state index contributed by atoms with van der Waals surface area (Å²) in [6.45, 7) is 3.61. The van der Waals surface area contributed by atoms with E-state index in [1.54, 1.807) is 7.05 Å². The van der Waals surface area contributed by atoms with Crippen LogP contribution in [0.4, 0.5) is 4.79 Å². The van der Waals surface area contributed by atoms with Crippen LogP contribution in [-0.2, 0) is 20.7 Å². The van der Waals surface area contributed by atoms with E-state index >= 15 is 0 Å². The van der Waals surface area contributed by atoms with Crippen molar-refractivity contribution in [1.82, 2.24) is 24.9 Å². The van der Waals surface area contributed by atoms with Crippen LogP contribution in [0.5, 0.6) is 0 Å². The highest BCUT2D eigenvalue weighted by Crippen LogP contribution is 2.26. The number of rotatable bonds is 5. The summed E-state index contributed by atoms with van der Waals surface area (Å²) in [6.07, 6.45) is 0.219. The molecular weight excluding hydrogens is 400 g/mol. The minimum atomic E-state index is -0.547. The zero-order chi connectivity index (χ0) is 22.0. The lowest BCUT2D eigenvalue weighted by Gasteiger charge is -2.40. The molecule has 3 heterocycles. The minimum absolute atomic E-state index is 0.251. The van der Waals surface area contributed by atoms with Gasteiger partial charge >= 0.3 is 12.0 Å². The molecule has 1 aromatic carbocycles. The predicted molar refractivity (Wildman–Crippen MR) is 113 cm³/mol. The second-order valence-corrected chi connectivity index (χ2v) is 7.96. The standard InChI is InChI=1S/C21H28N6O4/c1-24-18-17(19(29)23-21(24)30)27(9-8-15-6-4-3-5-7-15)20(22-18)26-12-10-25(11-13-26)14-16(28)31-2/h3-7,17-18H,8-14H2,1-2H3,(H,23,29,30). The van der Waals surface area contributed by atoms with Crippen molar-refractivity contribution in [2.45, 2.75) is 18.6 Å². The fourth-order valence-corrected chi connectivity index (χ4v) is 4.26. The lowest BCUT2D eigenvalue weighted by molar-refractivity contribution is -0.142. The first-order valence-corrected chi connectivity index (χ1v) is 10.5. The van der Waals surface area contributed by atoms with Gasteiger partial charge in [-0.05, 0) is 12.0 Å². The maximum absolute atomic E-state index is 12.7. The van der Waals surface area contributed by atoms with E-state index in [9.17, 15) is 14.4 Å². The van der Waals surface area contributed by atoms with Crippen LogP contribution < -0.4 is 5.32 Å². The van der Waals surface area contributed by atoms with Crippen LogP contribution in [0.3, 0.4) is 0 Å². The van der Waals surface area contributed by atoms with Crippen LogP contribution in [-0.4, -0.2) is 109 Å². The maximum atomic E-state index is 12.7. The normalized spacial score (nSPS) is 24.1. The molecule has 2 atom stereocenters. The number of imide groups is 1. The highest BCUT2D eigenvalue weighted by Gasteiger charge is 2.49. The number of piperazine rings is 1. The first kappa shape index (κ1) is 21.1. The smallest absolute Gasteiger partial charge is 0.325 e. The van der Waals surface area contributed by atoms with Gasteiger partial charge in [0.1, 0.15) is 0 Å². The molecule has 0 aromatic heterocycles. The number of carbonyl (C=O) groups excluding carboxylic acids is 3. The number of hydrogen-bond donors (Lipinski definition) is 1. The topological polar surface area (TPSA) is 97.8 Å². The predicted octanol–water partition coefficient (Wildman–Crippen LogP) is -0.432. The monoisotopic (exact) mass is 428 g/mol. The Balaban J connectivity index is 1.51. The van der Waals surface area contributed by atoms with Crippen LogP contribution >= 0.6 is 0 Å². The van der Waals surface area contributed by atoms with Gasteiger partial charge in [-0.15, -0.1) is 0 Å². The van der Waals surface area contributed by atoms with Crippen molar-refractivity contribution in [3.63, 3.8) is 0 Å². The number of amides is 3. The first-order valence-electron chi connectivity index (χ1n) is 10.5. The summed E-state index contributed by atoms with van der Waals surface area (Å²) < 4.78 is 4.76. The average Bonchev–Trinajstić information content (AvgIpc) is 3.17. The van der Waals surface area contributed by atoms with E-state index in [4.69, 9.17) is 9.73 Å². The highest BCUT2D eigenvalue weighted by atomic mass is 16.5. The van der Waals surface area contributed by atoms with Crippen LogP contribution in [0.25, 0.3) is 0 Å². The third-order valence-electron chi connectivity index (χ3n) is 6.06. The van der Waals surface area contributed by atoms with E-state index < -0.39 is 18.2 Å². The molecule has 1 N–H and O–H groups in total. The summed E-state index contributed by atoms with van der Waals surface area (Å²) in [5, 5.41) is 2.44. The van der Waals surface area contributed by atoms with Gasteiger partial charge in [-0.1, -0.05) is 30.3 Å². The van der Waals surface area contributed by atoms with Gasteiger partial charge < -0.3 is 19.4 Å². The number of benzene rings is 1. The molecule has 4 rings (SSSR count). The van der Waals surface area contributed by atoms with Crippen LogP contribution in [0.15, 0.2) is 35.3 Å². The molecule has 3 aliphatic rings. The molecule has 0 spiro atoms. The number of nitrogens with zero attached hydrogens (tertiary/aromatic N) is 5. The van der Waals surface area contributed by atoms with E-state index in [1.807, 2.05) is 28.0 Å². The number of aliphatic imine (C=N–C) groups is 1. The number of fused-ring (bicyclic) bond motifs is 1. The van der Waals surface area contributed by atoms with Crippen LogP contribution in [0.2, 0.25) is 0 Å². The van der Waals surface area contributed by atoms with Crippen molar-refractivity contribution in [2.24, 2.45) is 4.99 Å². The van der Waals surface area contributed by atoms with Crippen molar-refractivity contribution in [2.75, 3.05) is 53.4 Å². The number of methoxy groups -OCH3 is 1. The Morgan fingerprint density at radius 2 is 1.87 bits per heavy atom. The third kappa shape index (κ3) is 4.34. The molecule has 0 saturated carbocycles. The molecule has 0 aliphatic carbocycles. The van der Waals surface area contributed by atoms with Gasteiger partial charge in [0, 0.05) is 39.8 Å². The Morgan fingerprint density at radius 1 is 1.16 bits per heavy atom. The third-order valence-corrected chi connectivity index (χ3v) is 6.06. The first-order chi connectivity index (χ1) is 15.0. The van der Waals surface area contributed by atoms with E-state index in [0.29, 0.717) is 32.7 Å². The number of hydrogen-bond acceptors (Lipinski definition) is 8. The Kier molecular flexibility index (Phi) is 6.08. The zero-order valence-electron chi connectivity index (χ0n) is 17.9. The molecule has 1 aromatic rings. The molecule has 0 bridgehead atoms. The van der Waals surface area contributed by atoms with Gasteiger partial charge in [0.25, 0.3) is 5.91 Å². The summed E-state index contributed by atoms with van der Waals surface area (Å²) in [5.74, 6) is 0.170. The van der Waals surface area contributed by atoms with E-state index in [2.05, 4.69) is 22.3 Å². The van der Waals surface area contributed by atoms with Gasteiger partial charge in [-0.3, -0.25) is 19.8 Å². The molecule has 31 heavy (non-hydrogen) atoms. The summed E-state index contributed by atoms with van der Waals surface area (Å²) in [4.78, 5) is 48.9. The Morgan fingerprint density at radius 3 is 2.55 bits per heavy atom. The molecule has 2 fully saturated rings. The second-order valence-electron chi connectivity index (χ2n) is 7.96. The number of carbonyl (C=O) groups is 3. The number of esters is 1. The van der Waals surface area contributed by atoms with E-state index in [0.717, 1.165) is 12.4 Å². The molecule has 2 unspecified atom stereocenters. The van der Waals surface area contributed by atoms with Gasteiger partial charge in [0.05, 0.1) is 13.7 Å². The van der Waals surface area contributed by atoms with E-state index in [1.165, 1.54) is 17.6 Å². The summed E-state index contributed by atoms with van der Waals surface area (Å²) >= 11 is 0. The lowest BCUT2D eigenvalue weighted by Crippen LogP contribution is -2.64. The van der Waals surface area contributed by atoms with Gasteiger partial charge in [0.15, 0.2) is 18.2 Å². The highest BCUT2D eigenvalue weighted by molar-refractivity contribution is 6.03. The fourth-order valence-electron chi connectivity index (χ4n) is 4.26. The lowest BCUT2D eigenvalue weighted by atomic mass is 10.1. The van der Waals surface area contributed by atoms with Gasteiger partial charge in [-0.2, -0.15) is 0 Å². The van der Waals surface area contributed by atoms with Crippen molar-refractivity contribution in [1.29, 1.82) is 0 Å². The molecule has 166 valence electrons. The molecule has 0 radical (unpaired) electrons. The molecular formula is C21H28N6O4. The largest absolute Gasteiger partial charge is 0.468 e. The number of guanidine groups is 1. The molecule has 3 aliphatic heterocycles. The molecule has 3 amide bonds. The molecule has 2 saturated heterocycles. The summed E-state index contributed by atoms with van der Waals surface area (Å²) in [7, 11) is 3.05. The van der Waals surface area contributed by atoms with Crippen LogP contribution in [0, 0.1) is 0 Å². The summed E-state index contributed by atoms with van der Waals surface area (Å²) in [5.41, 5.74) is 1.17. The Labute approximate surface area is 181 Å². The van der Waals surface area contributed by atoms with E-state index in [-0.39, 0.29) is 18.4 Å². The van der Waals surface area contributed by atoms with Gasteiger partial charge in [-0.25, -0.2) is 9.79 Å². The average molecular weight is 428 g/mol. The maximum Gasteiger partial charge on any atom is 0.325 e. The fraction of sp³-hybridized carbons (Fsp3) is 0.524. The number of nitrogens with one attached hydrogen (secondary N) is 1. The van der Waals surface area contributed by atoms with Crippen molar-refractivity contribution in [3.05, 3.63) is 35.9 Å². The van der Waals surface area contributed by atoms with Gasteiger partial charge in [0.2, 0.25) is 0 Å². The number of likely N-dealkylation sites (N-methyl/N-ethyl adjacent to an activating group) is 1. The minimum Gasteiger partial charge on any atom is -0.468 e. The Bertz CT molecular complexity index is 868. The summed E-state index contributed by atoms with van der Waals surface area (Å²) in [6, 6.07) is 9.12. The second kappa shape index (κ2) is 8.93. The van der Waals surface area contributed by atoms with Crippen LogP contribution in [0.1, 0.15) is 5.56 Å². The van der Waals surface area contributed by atoms with Crippen molar-refractivity contribution in [3.8, 4) is 0 Å². The quantitative estimate of drug-likeness (QED) is 0.636. The number of urea groups is 1.